The van der Waals surface area contributed by atoms with E-state index < -0.39 is 12.2 Å². The van der Waals surface area contributed by atoms with Crippen LogP contribution in [0, 0.1) is 12.7 Å². The molecule has 1 atom stereocenters. The van der Waals surface area contributed by atoms with Crippen molar-refractivity contribution in [2.45, 2.75) is 13.0 Å². The van der Waals surface area contributed by atoms with E-state index in [1.165, 1.54) is 22.3 Å². The Kier molecular flexibility index (Phi) is 4.73. The Labute approximate surface area is 147 Å². The Morgan fingerprint density at radius 3 is 2.92 bits per heavy atom. The first-order valence-electron chi connectivity index (χ1n) is 7.22. The number of amides is 2. The average Bonchev–Trinajstić information content (AvgIpc) is 3.14. The molecule has 1 aromatic heterocycles. The second kappa shape index (κ2) is 6.78. The number of halogens is 2. The molecule has 1 aromatic carbocycles. The molecule has 1 aliphatic rings. The first-order valence-corrected chi connectivity index (χ1v) is 8.41. The summed E-state index contributed by atoms with van der Waals surface area (Å²) in [6.45, 7) is 2.06. The van der Waals surface area contributed by atoms with Crippen LogP contribution in [0.4, 0.5) is 14.9 Å². The maximum Gasteiger partial charge on any atom is 0.414 e. The van der Waals surface area contributed by atoms with Crippen LogP contribution < -0.4 is 10.2 Å². The van der Waals surface area contributed by atoms with Gasteiger partial charge in [-0.15, -0.1) is 11.3 Å². The van der Waals surface area contributed by atoms with Crippen molar-refractivity contribution in [2.75, 3.05) is 18.0 Å². The second-order valence-corrected chi connectivity index (χ2v) is 7.08. The molecule has 8 heteroatoms. The molecule has 0 bridgehead atoms. The van der Waals surface area contributed by atoms with Gasteiger partial charge in [0.15, 0.2) is 0 Å². The molecule has 0 spiro atoms. The van der Waals surface area contributed by atoms with Gasteiger partial charge in [-0.2, -0.15) is 0 Å². The quantitative estimate of drug-likeness (QED) is 0.897. The molecule has 24 heavy (non-hydrogen) atoms. The minimum Gasteiger partial charge on any atom is -0.442 e. The highest BCUT2D eigenvalue weighted by molar-refractivity contribution is 7.17. The van der Waals surface area contributed by atoms with Crippen molar-refractivity contribution in [3.63, 3.8) is 0 Å². The normalized spacial score (nSPS) is 17.0. The van der Waals surface area contributed by atoms with Crippen LogP contribution in [0.2, 0.25) is 4.34 Å². The molecule has 126 valence electrons. The molecule has 2 amide bonds. The molecule has 2 aromatic rings. The van der Waals surface area contributed by atoms with Crippen LogP contribution in [0.1, 0.15) is 15.2 Å². The Hall–Kier alpha value is -2.12. The Balaban J connectivity index is 1.60. The zero-order chi connectivity index (χ0) is 17.3. The molecule has 1 unspecified atom stereocenters. The van der Waals surface area contributed by atoms with Gasteiger partial charge >= 0.3 is 6.09 Å². The fraction of sp³-hybridized carbons (Fsp3) is 0.250. The summed E-state index contributed by atoms with van der Waals surface area (Å²) in [5.41, 5.74) is 0.937. The monoisotopic (exact) mass is 368 g/mol. The van der Waals surface area contributed by atoms with Gasteiger partial charge < -0.3 is 10.1 Å². The maximum atomic E-state index is 13.7. The summed E-state index contributed by atoms with van der Waals surface area (Å²) in [5, 5.41) is 2.70. The van der Waals surface area contributed by atoms with E-state index in [1.54, 1.807) is 31.2 Å². The minimum absolute atomic E-state index is 0.172. The number of aryl methyl sites for hydroxylation is 1. The lowest BCUT2D eigenvalue weighted by molar-refractivity contribution is 0.0920. The van der Waals surface area contributed by atoms with Crippen LogP contribution in [-0.2, 0) is 4.74 Å². The number of anilines is 1. The number of hydrogen-bond acceptors (Lipinski definition) is 4. The lowest BCUT2D eigenvalue weighted by Crippen LogP contribution is -2.34. The highest BCUT2D eigenvalue weighted by atomic mass is 35.5. The molecular weight excluding hydrogens is 355 g/mol. The van der Waals surface area contributed by atoms with Gasteiger partial charge in [0.1, 0.15) is 11.9 Å². The summed E-state index contributed by atoms with van der Waals surface area (Å²) in [6, 6.07) is 7.84. The van der Waals surface area contributed by atoms with Gasteiger partial charge in [0.05, 0.1) is 28.0 Å². The van der Waals surface area contributed by atoms with Crippen molar-refractivity contribution in [2.24, 2.45) is 0 Å². The fourth-order valence-corrected chi connectivity index (χ4v) is 3.28. The van der Waals surface area contributed by atoms with Crippen LogP contribution in [0.15, 0.2) is 30.3 Å². The molecule has 5 nitrogen and oxygen atoms in total. The number of cyclic esters (lactones) is 1. The summed E-state index contributed by atoms with van der Waals surface area (Å²) in [5.74, 6) is -0.658. The van der Waals surface area contributed by atoms with Gasteiger partial charge in [-0.05, 0) is 36.8 Å². The SMILES string of the molecule is Cc1ccc(N2CC(CNC(=O)c3ccc(Cl)s3)OC2=O)cc1F. The Morgan fingerprint density at radius 1 is 1.46 bits per heavy atom. The predicted molar refractivity (Wildman–Crippen MR) is 90.4 cm³/mol. The molecule has 1 saturated heterocycles. The number of nitrogens with zero attached hydrogens (tertiary/aromatic N) is 1. The molecule has 0 radical (unpaired) electrons. The zero-order valence-electron chi connectivity index (χ0n) is 12.7. The van der Waals surface area contributed by atoms with E-state index in [0.717, 1.165) is 0 Å². The number of rotatable bonds is 4. The van der Waals surface area contributed by atoms with Gasteiger partial charge in [0.25, 0.3) is 5.91 Å². The van der Waals surface area contributed by atoms with Gasteiger partial charge in [-0.25, -0.2) is 9.18 Å². The number of hydrogen-bond donors (Lipinski definition) is 1. The fourth-order valence-electron chi connectivity index (χ4n) is 2.32. The molecule has 2 heterocycles. The van der Waals surface area contributed by atoms with E-state index in [1.807, 2.05) is 0 Å². The number of ether oxygens (including phenoxy) is 1. The second-order valence-electron chi connectivity index (χ2n) is 5.36. The van der Waals surface area contributed by atoms with Crippen molar-refractivity contribution in [3.05, 3.63) is 50.9 Å². The summed E-state index contributed by atoms with van der Waals surface area (Å²) < 4.78 is 19.4. The minimum atomic E-state index is -0.559. The first kappa shape index (κ1) is 16.7. The summed E-state index contributed by atoms with van der Waals surface area (Å²) in [4.78, 5) is 25.8. The lowest BCUT2D eigenvalue weighted by Gasteiger charge is -2.13. The number of nitrogens with one attached hydrogen (secondary N) is 1. The summed E-state index contributed by atoms with van der Waals surface area (Å²) >= 11 is 6.97. The number of thiophene rings is 1. The van der Waals surface area contributed by atoms with Crippen molar-refractivity contribution < 1.29 is 18.7 Å². The third-order valence-electron chi connectivity index (χ3n) is 3.63. The molecule has 0 aliphatic carbocycles. The smallest absolute Gasteiger partial charge is 0.414 e. The van der Waals surface area contributed by atoms with Gasteiger partial charge in [-0.1, -0.05) is 17.7 Å². The van der Waals surface area contributed by atoms with Crippen LogP contribution in [0.5, 0.6) is 0 Å². The third kappa shape index (κ3) is 3.52. The van der Waals surface area contributed by atoms with Crippen molar-refractivity contribution in [3.8, 4) is 0 Å². The molecule has 3 rings (SSSR count). The molecule has 1 aliphatic heterocycles. The molecule has 0 saturated carbocycles. The van der Waals surface area contributed by atoms with E-state index >= 15 is 0 Å². The standard InChI is InChI=1S/C16H14ClFN2O3S/c1-9-2-3-10(6-12(9)18)20-8-11(23-16(20)22)7-19-15(21)13-4-5-14(17)24-13/h2-6,11H,7-8H2,1H3,(H,19,21). The van der Waals surface area contributed by atoms with E-state index in [4.69, 9.17) is 16.3 Å². The third-order valence-corrected chi connectivity index (χ3v) is 4.86. The van der Waals surface area contributed by atoms with E-state index in [9.17, 15) is 14.0 Å². The van der Waals surface area contributed by atoms with Crippen LogP contribution >= 0.6 is 22.9 Å². The predicted octanol–water partition coefficient (Wildman–Crippen LogP) is 3.60. The highest BCUT2D eigenvalue weighted by Crippen LogP contribution is 2.24. The van der Waals surface area contributed by atoms with E-state index in [-0.39, 0.29) is 24.8 Å². The van der Waals surface area contributed by atoms with E-state index in [0.29, 0.717) is 20.5 Å². The zero-order valence-corrected chi connectivity index (χ0v) is 14.3. The Morgan fingerprint density at radius 2 is 2.25 bits per heavy atom. The summed E-state index contributed by atoms with van der Waals surface area (Å²) in [6.07, 6.45) is -1.06. The lowest BCUT2D eigenvalue weighted by atomic mass is 10.2. The topological polar surface area (TPSA) is 58.6 Å². The van der Waals surface area contributed by atoms with Crippen LogP contribution in [0.3, 0.4) is 0 Å². The van der Waals surface area contributed by atoms with Gasteiger partial charge in [0, 0.05) is 0 Å². The first-order chi connectivity index (χ1) is 11.4. The number of carbonyl (C=O) groups is 2. The number of benzene rings is 1. The molecule has 1 N–H and O–H groups in total. The van der Waals surface area contributed by atoms with Gasteiger partial charge in [-0.3, -0.25) is 9.69 Å². The molecule has 1 fully saturated rings. The van der Waals surface area contributed by atoms with E-state index in [2.05, 4.69) is 5.32 Å². The Bertz CT molecular complexity index is 795. The largest absolute Gasteiger partial charge is 0.442 e. The van der Waals surface area contributed by atoms with Gasteiger partial charge in [0.2, 0.25) is 0 Å². The highest BCUT2D eigenvalue weighted by Gasteiger charge is 2.32. The maximum absolute atomic E-state index is 13.7. The van der Waals surface area contributed by atoms with Crippen LogP contribution in [0.25, 0.3) is 0 Å². The van der Waals surface area contributed by atoms with Crippen molar-refractivity contribution >= 4 is 40.6 Å². The number of carbonyl (C=O) groups excluding carboxylic acids is 2. The molecular formula is C16H14ClFN2O3S. The van der Waals surface area contributed by atoms with Crippen molar-refractivity contribution in [1.82, 2.24) is 5.32 Å². The summed E-state index contributed by atoms with van der Waals surface area (Å²) in [7, 11) is 0. The van der Waals surface area contributed by atoms with Crippen LogP contribution in [-0.4, -0.2) is 31.2 Å². The van der Waals surface area contributed by atoms with Crippen molar-refractivity contribution in [1.29, 1.82) is 0 Å². The average molecular weight is 369 g/mol.